The number of carbonyl (C=O) groups is 2. The van der Waals surface area contributed by atoms with E-state index in [0.29, 0.717) is 11.5 Å². The summed E-state index contributed by atoms with van der Waals surface area (Å²) in [5, 5.41) is 3.89. The molecule has 1 N–H and O–H groups in total. The third kappa shape index (κ3) is 4.76. The summed E-state index contributed by atoms with van der Waals surface area (Å²) >= 11 is 0. The van der Waals surface area contributed by atoms with Crippen molar-refractivity contribution in [1.82, 2.24) is 10.3 Å². The Kier molecular flexibility index (Phi) is 6.83. The van der Waals surface area contributed by atoms with E-state index in [4.69, 9.17) is 9.72 Å². The van der Waals surface area contributed by atoms with Gasteiger partial charge in [-0.2, -0.15) is 0 Å². The number of esters is 1. The Labute approximate surface area is 213 Å². The van der Waals surface area contributed by atoms with Crippen molar-refractivity contribution in [2.75, 3.05) is 6.61 Å². The molecule has 5 nitrogen and oxygen atoms in total. The van der Waals surface area contributed by atoms with E-state index in [9.17, 15) is 9.59 Å². The molecule has 36 heavy (non-hydrogen) atoms. The van der Waals surface area contributed by atoms with Crippen molar-refractivity contribution in [3.05, 3.63) is 76.5 Å². The second-order valence-electron chi connectivity index (χ2n) is 11.0. The minimum absolute atomic E-state index is 0.0345. The van der Waals surface area contributed by atoms with E-state index in [1.807, 2.05) is 36.4 Å². The first-order valence-electron chi connectivity index (χ1n) is 13.3. The molecule has 1 aromatic heterocycles. The summed E-state index contributed by atoms with van der Waals surface area (Å²) in [6, 6.07) is 16.0. The van der Waals surface area contributed by atoms with Gasteiger partial charge in [0.2, 0.25) is 0 Å². The maximum Gasteiger partial charge on any atom is 0.339 e. The van der Waals surface area contributed by atoms with Crippen LogP contribution >= 0.6 is 0 Å². The van der Waals surface area contributed by atoms with Gasteiger partial charge in [0.1, 0.15) is 0 Å². The van der Waals surface area contributed by atoms with E-state index >= 15 is 0 Å². The molecule has 2 aliphatic rings. The van der Waals surface area contributed by atoms with Crippen molar-refractivity contribution in [2.24, 2.45) is 11.3 Å². The predicted octanol–water partition coefficient (Wildman–Crippen LogP) is 6.13. The Bertz CT molecular complexity index is 1300. The minimum Gasteiger partial charge on any atom is -0.452 e. The molecule has 5 heteroatoms. The van der Waals surface area contributed by atoms with Crippen LogP contribution in [0.1, 0.15) is 85.2 Å². The maximum absolute atomic E-state index is 13.5. The summed E-state index contributed by atoms with van der Waals surface area (Å²) in [5.41, 5.74) is 6.02. The number of nitrogens with one attached hydrogen (secondary N) is 1. The van der Waals surface area contributed by atoms with Gasteiger partial charge in [-0.15, -0.1) is 0 Å². The minimum atomic E-state index is -0.431. The Morgan fingerprint density at radius 2 is 1.83 bits per heavy atom. The lowest BCUT2D eigenvalue weighted by atomic mass is 9.68. The first-order chi connectivity index (χ1) is 17.4. The average molecular weight is 485 g/mol. The number of pyridine rings is 1. The van der Waals surface area contributed by atoms with Gasteiger partial charge in [-0.1, -0.05) is 69.7 Å². The molecule has 2 atom stereocenters. The van der Waals surface area contributed by atoms with Gasteiger partial charge < -0.3 is 10.1 Å². The first kappa shape index (κ1) is 24.5. The number of ether oxygens (including phenoxy) is 1. The fourth-order valence-corrected chi connectivity index (χ4v) is 5.92. The van der Waals surface area contributed by atoms with Crippen molar-refractivity contribution >= 4 is 22.8 Å². The Morgan fingerprint density at radius 1 is 1.06 bits per heavy atom. The third-order valence-electron chi connectivity index (χ3n) is 8.52. The average Bonchev–Trinajstić information content (AvgIpc) is 2.90. The van der Waals surface area contributed by atoms with Crippen LogP contribution in [0.3, 0.4) is 0 Å². The summed E-state index contributed by atoms with van der Waals surface area (Å²) in [5.74, 6) is -0.222. The number of hydrogen-bond acceptors (Lipinski definition) is 4. The van der Waals surface area contributed by atoms with Gasteiger partial charge in [0.05, 0.1) is 17.1 Å². The zero-order valence-electron chi connectivity index (χ0n) is 21.6. The predicted molar refractivity (Wildman–Crippen MR) is 142 cm³/mol. The largest absolute Gasteiger partial charge is 0.452 e. The zero-order chi connectivity index (χ0) is 25.3. The monoisotopic (exact) mass is 484 g/mol. The van der Waals surface area contributed by atoms with Gasteiger partial charge in [-0.3, -0.25) is 9.78 Å². The van der Waals surface area contributed by atoms with Crippen LogP contribution in [-0.4, -0.2) is 23.5 Å². The number of aryl methyl sites for hydroxylation is 2. The smallest absolute Gasteiger partial charge is 0.339 e. The lowest BCUT2D eigenvalue weighted by molar-refractivity contribution is -0.125. The topological polar surface area (TPSA) is 68.3 Å². The van der Waals surface area contributed by atoms with Crippen molar-refractivity contribution in [1.29, 1.82) is 0 Å². The summed E-state index contributed by atoms with van der Waals surface area (Å²) < 4.78 is 5.66. The second-order valence-corrected chi connectivity index (χ2v) is 11.0. The third-order valence-corrected chi connectivity index (χ3v) is 8.52. The number of rotatable bonds is 6. The number of aromatic nitrogens is 1. The molecule has 5 rings (SSSR count). The molecule has 0 saturated heterocycles. The first-order valence-corrected chi connectivity index (χ1v) is 13.3. The fraction of sp³-hybridized carbons (Fsp3) is 0.452. The molecule has 0 radical (unpaired) electrons. The molecule has 2 aromatic carbocycles. The molecule has 1 amide bonds. The highest BCUT2D eigenvalue weighted by atomic mass is 16.5. The molecule has 0 fully saturated rings. The summed E-state index contributed by atoms with van der Waals surface area (Å²) in [4.78, 5) is 31.3. The molecule has 3 aromatic rings. The van der Waals surface area contributed by atoms with Crippen LogP contribution in [0, 0.1) is 11.3 Å². The fourth-order valence-electron chi connectivity index (χ4n) is 5.92. The van der Waals surface area contributed by atoms with Gasteiger partial charge in [0.25, 0.3) is 5.91 Å². The van der Waals surface area contributed by atoms with Crippen LogP contribution in [0.4, 0.5) is 0 Å². The number of benzene rings is 2. The van der Waals surface area contributed by atoms with Crippen LogP contribution in [0.2, 0.25) is 0 Å². The van der Waals surface area contributed by atoms with Crippen molar-refractivity contribution < 1.29 is 14.3 Å². The van der Waals surface area contributed by atoms with Crippen LogP contribution in [0.15, 0.2) is 48.5 Å². The molecule has 1 heterocycles. The quantitative estimate of drug-likeness (QED) is 0.428. The Morgan fingerprint density at radius 3 is 2.67 bits per heavy atom. The highest BCUT2D eigenvalue weighted by Gasteiger charge is 2.34. The second kappa shape index (κ2) is 10.0. The van der Waals surface area contributed by atoms with Crippen LogP contribution in [-0.2, 0) is 28.8 Å². The summed E-state index contributed by atoms with van der Waals surface area (Å²) in [6.45, 7) is 6.56. The summed E-state index contributed by atoms with van der Waals surface area (Å²) in [7, 11) is 0. The lowest BCUT2D eigenvalue weighted by Crippen LogP contribution is -2.34. The van der Waals surface area contributed by atoms with E-state index in [-0.39, 0.29) is 24.0 Å². The highest BCUT2D eigenvalue weighted by molar-refractivity contribution is 6.05. The van der Waals surface area contributed by atoms with Gasteiger partial charge in [0, 0.05) is 11.1 Å². The van der Waals surface area contributed by atoms with Crippen LogP contribution in [0.25, 0.3) is 10.9 Å². The molecule has 0 aliphatic heterocycles. The van der Waals surface area contributed by atoms with Gasteiger partial charge >= 0.3 is 5.97 Å². The van der Waals surface area contributed by atoms with Crippen LogP contribution < -0.4 is 5.32 Å². The van der Waals surface area contributed by atoms with E-state index in [1.54, 1.807) is 0 Å². The van der Waals surface area contributed by atoms with Crippen molar-refractivity contribution in [3.63, 3.8) is 0 Å². The van der Waals surface area contributed by atoms with Gasteiger partial charge in [-0.05, 0) is 72.6 Å². The molecule has 0 bridgehead atoms. The van der Waals surface area contributed by atoms with E-state index in [2.05, 4.69) is 38.2 Å². The normalized spacial score (nSPS) is 19.3. The molecule has 0 spiro atoms. The Hall–Kier alpha value is -3.21. The number of carbonyl (C=O) groups excluding carboxylic acids is 2. The van der Waals surface area contributed by atoms with Gasteiger partial charge in [0.15, 0.2) is 6.61 Å². The van der Waals surface area contributed by atoms with Crippen LogP contribution in [0.5, 0.6) is 0 Å². The van der Waals surface area contributed by atoms with Crippen molar-refractivity contribution in [3.8, 4) is 0 Å². The number of amides is 1. The van der Waals surface area contributed by atoms with Crippen molar-refractivity contribution in [2.45, 2.75) is 71.8 Å². The molecule has 188 valence electrons. The molecule has 2 aliphatic carbocycles. The maximum atomic E-state index is 13.5. The Balaban J connectivity index is 1.36. The van der Waals surface area contributed by atoms with E-state index in [0.717, 1.165) is 67.1 Å². The number of nitrogens with zero attached hydrogens (tertiary/aromatic N) is 1. The number of hydrogen-bond donors (Lipinski definition) is 1. The standard InChI is InChI=1S/C31H36N2O3/c1-4-31(2,3)21-16-17-27-24(18-21)29(23-13-7-8-14-26(23)32-27)30(35)36-19-28(34)33-25-15-9-11-20-10-5-6-12-22(20)25/h5-8,10,12-14,21,25H,4,9,11,15-19H2,1-3H3,(H,33,34). The summed E-state index contributed by atoms with van der Waals surface area (Å²) in [6.07, 6.45) is 6.78. The molecular weight excluding hydrogens is 448 g/mol. The van der Waals surface area contributed by atoms with E-state index < -0.39 is 5.97 Å². The van der Waals surface area contributed by atoms with Gasteiger partial charge in [-0.25, -0.2) is 4.79 Å². The van der Waals surface area contributed by atoms with E-state index in [1.165, 1.54) is 11.1 Å². The highest BCUT2D eigenvalue weighted by Crippen LogP contribution is 2.41. The number of fused-ring (bicyclic) bond motifs is 3. The molecular formula is C31H36N2O3. The molecule has 0 saturated carbocycles. The number of para-hydroxylation sites is 1. The lowest BCUT2D eigenvalue weighted by Gasteiger charge is -2.37. The SMILES string of the molecule is CCC(C)(C)C1CCc2nc3ccccc3c(C(=O)OCC(=O)NC3CCCc4ccccc43)c2C1. The molecule has 2 unspecified atom stereocenters. The zero-order valence-corrected chi connectivity index (χ0v) is 21.6.